The number of unbranched alkanes of at least 4 members (excludes halogenated alkanes) is 6. The van der Waals surface area contributed by atoms with Gasteiger partial charge >= 0.3 is 0 Å². The quantitative estimate of drug-likeness (QED) is 0.503. The molecule has 4 heteroatoms. The lowest BCUT2D eigenvalue weighted by Gasteiger charge is -2.24. The van der Waals surface area contributed by atoms with Crippen molar-refractivity contribution in [2.24, 2.45) is 0 Å². The molecule has 1 heterocycles. The van der Waals surface area contributed by atoms with Crippen LogP contribution in [0.25, 0.3) is 0 Å². The second-order valence-electron chi connectivity index (χ2n) is 6.24. The number of halogens is 1. The summed E-state index contributed by atoms with van der Waals surface area (Å²) < 4.78 is 0. The van der Waals surface area contributed by atoms with Crippen molar-refractivity contribution in [3.63, 3.8) is 0 Å². The lowest BCUT2D eigenvalue weighted by molar-refractivity contribution is -0.131. The minimum atomic E-state index is 0.144. The van der Waals surface area contributed by atoms with E-state index in [-0.39, 0.29) is 5.37 Å². The van der Waals surface area contributed by atoms with Crippen LogP contribution in [0.5, 0.6) is 0 Å². The highest BCUT2D eigenvalue weighted by molar-refractivity contribution is 7.99. The van der Waals surface area contributed by atoms with E-state index in [1.807, 2.05) is 34.9 Å². The van der Waals surface area contributed by atoms with Gasteiger partial charge < -0.3 is 4.90 Å². The van der Waals surface area contributed by atoms with Gasteiger partial charge in [-0.05, 0) is 24.1 Å². The van der Waals surface area contributed by atoms with Crippen molar-refractivity contribution in [1.82, 2.24) is 4.90 Å². The van der Waals surface area contributed by atoms with E-state index in [0.29, 0.717) is 12.3 Å². The third kappa shape index (κ3) is 6.04. The number of benzene rings is 1. The van der Waals surface area contributed by atoms with E-state index < -0.39 is 0 Å². The summed E-state index contributed by atoms with van der Waals surface area (Å²) in [7, 11) is 0. The molecular formula is C19H28ClNOS. The van der Waals surface area contributed by atoms with Gasteiger partial charge in [-0.3, -0.25) is 4.79 Å². The topological polar surface area (TPSA) is 20.3 Å². The summed E-state index contributed by atoms with van der Waals surface area (Å²) in [5.41, 5.74) is 1.15. The van der Waals surface area contributed by atoms with Crippen LogP contribution in [-0.4, -0.2) is 23.1 Å². The second-order valence-corrected chi connectivity index (χ2v) is 7.86. The van der Waals surface area contributed by atoms with Crippen LogP contribution >= 0.6 is 23.4 Å². The standard InChI is InChI=1S/C19H28ClNOS/c1-2-3-4-5-6-7-8-12-18(22)21-13-14-23-19(21)16-10-9-11-17(20)15-16/h9-11,15,19H,2-8,12-14H2,1H3. The van der Waals surface area contributed by atoms with Crippen LogP contribution in [0, 0.1) is 0 Å². The summed E-state index contributed by atoms with van der Waals surface area (Å²) in [4.78, 5) is 14.6. The summed E-state index contributed by atoms with van der Waals surface area (Å²) in [6.45, 7) is 3.10. The molecule has 128 valence electrons. The molecule has 1 aromatic rings. The van der Waals surface area contributed by atoms with E-state index in [2.05, 4.69) is 13.0 Å². The normalized spacial score (nSPS) is 17.7. The van der Waals surface area contributed by atoms with Crippen LogP contribution in [0.15, 0.2) is 24.3 Å². The molecule has 1 fully saturated rings. The highest BCUT2D eigenvalue weighted by atomic mass is 35.5. The van der Waals surface area contributed by atoms with Crippen LogP contribution < -0.4 is 0 Å². The lowest BCUT2D eigenvalue weighted by Crippen LogP contribution is -2.30. The first-order valence-corrected chi connectivity index (χ1v) is 10.3. The molecule has 1 saturated heterocycles. The van der Waals surface area contributed by atoms with Gasteiger partial charge in [-0.15, -0.1) is 11.8 Å². The number of thioether (sulfide) groups is 1. The molecule has 0 N–H and O–H groups in total. The average Bonchev–Trinajstić information content (AvgIpc) is 3.03. The van der Waals surface area contributed by atoms with Crippen molar-refractivity contribution < 1.29 is 4.79 Å². The maximum Gasteiger partial charge on any atom is 0.223 e. The molecule has 2 nitrogen and oxygen atoms in total. The summed E-state index contributed by atoms with van der Waals surface area (Å²) in [6.07, 6.45) is 9.43. The van der Waals surface area contributed by atoms with Gasteiger partial charge in [0.25, 0.3) is 0 Å². The summed E-state index contributed by atoms with van der Waals surface area (Å²) in [5, 5.41) is 0.889. The third-order valence-corrected chi connectivity index (χ3v) is 5.84. The second kappa shape index (κ2) is 10.2. The van der Waals surface area contributed by atoms with E-state index in [1.165, 1.54) is 38.5 Å². The number of carbonyl (C=O) groups excluding carboxylic acids is 1. The zero-order chi connectivity index (χ0) is 16.5. The van der Waals surface area contributed by atoms with Crippen molar-refractivity contribution in [3.8, 4) is 0 Å². The van der Waals surface area contributed by atoms with Gasteiger partial charge in [0.2, 0.25) is 5.91 Å². The highest BCUT2D eigenvalue weighted by Crippen LogP contribution is 2.39. The van der Waals surface area contributed by atoms with Crippen LogP contribution in [0.4, 0.5) is 0 Å². The van der Waals surface area contributed by atoms with Crippen molar-refractivity contribution in [1.29, 1.82) is 0 Å². The maximum absolute atomic E-state index is 12.5. The zero-order valence-electron chi connectivity index (χ0n) is 14.1. The molecular weight excluding hydrogens is 326 g/mol. The van der Waals surface area contributed by atoms with Crippen molar-refractivity contribution in [2.75, 3.05) is 12.3 Å². The Labute approximate surface area is 150 Å². The molecule has 0 bridgehead atoms. The maximum atomic E-state index is 12.5. The van der Waals surface area contributed by atoms with Crippen LogP contribution in [0.3, 0.4) is 0 Å². The Morgan fingerprint density at radius 1 is 1.22 bits per heavy atom. The summed E-state index contributed by atoms with van der Waals surface area (Å²) in [6, 6.07) is 7.91. The van der Waals surface area contributed by atoms with Gasteiger partial charge in [0.05, 0.1) is 0 Å². The summed E-state index contributed by atoms with van der Waals surface area (Å²) in [5.74, 6) is 1.31. The van der Waals surface area contributed by atoms with Crippen LogP contribution in [0.1, 0.15) is 69.2 Å². The van der Waals surface area contributed by atoms with Crippen LogP contribution in [0.2, 0.25) is 5.02 Å². The van der Waals surface area contributed by atoms with E-state index in [9.17, 15) is 4.79 Å². The minimum Gasteiger partial charge on any atom is -0.326 e. The zero-order valence-corrected chi connectivity index (χ0v) is 15.7. The first-order chi connectivity index (χ1) is 11.2. The predicted octanol–water partition coefficient (Wildman–Crippen LogP) is 6.05. The largest absolute Gasteiger partial charge is 0.326 e. The molecule has 1 amide bonds. The minimum absolute atomic E-state index is 0.144. The van der Waals surface area contributed by atoms with Crippen molar-refractivity contribution >= 4 is 29.3 Å². The fourth-order valence-electron chi connectivity index (χ4n) is 3.04. The Hall–Kier alpha value is -0.670. The SMILES string of the molecule is CCCCCCCCCC(=O)N1CCSC1c1cccc(Cl)c1. The molecule has 1 aliphatic rings. The molecule has 0 spiro atoms. The first-order valence-electron chi connectivity index (χ1n) is 8.89. The van der Waals surface area contributed by atoms with Gasteiger partial charge in [-0.25, -0.2) is 0 Å². The molecule has 1 aliphatic heterocycles. The number of carbonyl (C=O) groups is 1. The number of amides is 1. The van der Waals surface area contributed by atoms with Gasteiger partial charge in [-0.1, -0.05) is 69.2 Å². The number of nitrogens with zero attached hydrogens (tertiary/aromatic N) is 1. The smallest absolute Gasteiger partial charge is 0.223 e. The molecule has 0 radical (unpaired) electrons. The first kappa shape index (κ1) is 18.7. The monoisotopic (exact) mass is 353 g/mol. The fraction of sp³-hybridized carbons (Fsp3) is 0.632. The number of hydrogen-bond acceptors (Lipinski definition) is 2. The Bertz CT molecular complexity index is 494. The third-order valence-electron chi connectivity index (χ3n) is 4.34. The van der Waals surface area contributed by atoms with E-state index in [0.717, 1.165) is 29.3 Å². The Kier molecular flexibility index (Phi) is 8.32. The van der Waals surface area contributed by atoms with Gasteiger partial charge in [0.15, 0.2) is 0 Å². The van der Waals surface area contributed by atoms with Gasteiger partial charge in [0.1, 0.15) is 5.37 Å². The van der Waals surface area contributed by atoms with E-state index in [1.54, 1.807) is 0 Å². The van der Waals surface area contributed by atoms with Crippen molar-refractivity contribution in [3.05, 3.63) is 34.9 Å². The van der Waals surface area contributed by atoms with Gasteiger partial charge in [0, 0.05) is 23.7 Å². The predicted molar refractivity (Wildman–Crippen MR) is 101 cm³/mol. The van der Waals surface area contributed by atoms with Crippen LogP contribution in [-0.2, 0) is 4.79 Å². The molecule has 1 unspecified atom stereocenters. The molecule has 2 rings (SSSR count). The summed E-state index contributed by atoms with van der Waals surface area (Å²) >= 11 is 7.93. The number of hydrogen-bond donors (Lipinski definition) is 0. The molecule has 0 aliphatic carbocycles. The van der Waals surface area contributed by atoms with Crippen molar-refractivity contribution in [2.45, 2.75) is 63.7 Å². The lowest BCUT2D eigenvalue weighted by atomic mass is 10.1. The molecule has 1 atom stereocenters. The molecule has 1 aromatic carbocycles. The average molecular weight is 354 g/mol. The molecule has 23 heavy (non-hydrogen) atoms. The molecule has 0 aromatic heterocycles. The molecule has 0 saturated carbocycles. The number of rotatable bonds is 9. The highest BCUT2D eigenvalue weighted by Gasteiger charge is 2.30. The Morgan fingerprint density at radius 3 is 2.70 bits per heavy atom. The van der Waals surface area contributed by atoms with E-state index in [4.69, 9.17) is 11.6 Å². The Balaban J connectivity index is 1.75. The Morgan fingerprint density at radius 2 is 1.96 bits per heavy atom. The van der Waals surface area contributed by atoms with Gasteiger partial charge in [-0.2, -0.15) is 0 Å². The fourth-order valence-corrected chi connectivity index (χ4v) is 4.50. The van der Waals surface area contributed by atoms with E-state index >= 15 is 0 Å².